The number of hydrogen-bond acceptors (Lipinski definition) is 7. The van der Waals surface area contributed by atoms with E-state index in [9.17, 15) is 9.59 Å². The van der Waals surface area contributed by atoms with E-state index < -0.39 is 5.97 Å². The van der Waals surface area contributed by atoms with Crippen molar-refractivity contribution in [2.45, 2.75) is 13.5 Å². The maximum absolute atomic E-state index is 12.0. The predicted octanol–water partition coefficient (Wildman–Crippen LogP) is 2.53. The zero-order valence-corrected chi connectivity index (χ0v) is 15.5. The molecule has 8 nitrogen and oxygen atoms in total. The second-order valence-electron chi connectivity index (χ2n) is 5.92. The van der Waals surface area contributed by atoms with Gasteiger partial charge >= 0.3 is 5.97 Å². The topological polar surface area (TPSA) is 104 Å². The molecule has 0 saturated heterocycles. The molecule has 0 spiro atoms. The minimum atomic E-state index is -0.613. The molecule has 0 aliphatic rings. The molecular weight excluding hydrogens is 362 g/mol. The fourth-order valence-corrected chi connectivity index (χ4v) is 2.49. The van der Waals surface area contributed by atoms with Gasteiger partial charge in [-0.15, -0.1) is 0 Å². The number of esters is 1. The summed E-state index contributed by atoms with van der Waals surface area (Å²) in [6.45, 7) is 1.43. The number of hydrogen-bond donors (Lipinski definition) is 1. The summed E-state index contributed by atoms with van der Waals surface area (Å²) in [6.07, 6.45) is 0. The number of aryl methyl sites for hydroxylation is 1. The van der Waals surface area contributed by atoms with Crippen LogP contribution in [-0.4, -0.2) is 35.7 Å². The molecule has 0 radical (unpaired) electrons. The maximum Gasteiger partial charge on any atom is 0.325 e. The van der Waals surface area contributed by atoms with E-state index in [1.54, 1.807) is 37.4 Å². The molecule has 1 N–H and O–H groups in total. The van der Waals surface area contributed by atoms with Crippen molar-refractivity contribution in [3.8, 4) is 17.1 Å². The molecule has 2 aromatic carbocycles. The van der Waals surface area contributed by atoms with Gasteiger partial charge < -0.3 is 19.3 Å². The van der Waals surface area contributed by atoms with Gasteiger partial charge in [-0.25, -0.2) is 0 Å². The van der Waals surface area contributed by atoms with Crippen LogP contribution in [0, 0.1) is 6.92 Å². The van der Waals surface area contributed by atoms with Crippen LogP contribution in [0.25, 0.3) is 11.4 Å². The molecule has 0 bridgehead atoms. The highest BCUT2D eigenvalue weighted by molar-refractivity contribution is 5.96. The van der Waals surface area contributed by atoms with E-state index in [1.807, 2.05) is 25.1 Å². The molecule has 0 saturated carbocycles. The highest BCUT2D eigenvalue weighted by Gasteiger charge is 2.15. The Morgan fingerprint density at radius 2 is 1.96 bits per heavy atom. The van der Waals surface area contributed by atoms with Crippen molar-refractivity contribution in [1.82, 2.24) is 15.5 Å². The van der Waals surface area contributed by atoms with Gasteiger partial charge in [0.1, 0.15) is 12.3 Å². The fourth-order valence-electron chi connectivity index (χ4n) is 2.49. The molecule has 8 heteroatoms. The van der Waals surface area contributed by atoms with Crippen LogP contribution in [0.1, 0.15) is 21.8 Å². The molecule has 0 atom stereocenters. The Hall–Kier alpha value is -3.68. The molecule has 1 aromatic heterocycles. The summed E-state index contributed by atoms with van der Waals surface area (Å²) in [5, 5.41) is 6.38. The van der Waals surface area contributed by atoms with Crippen LogP contribution in [0.5, 0.6) is 5.75 Å². The summed E-state index contributed by atoms with van der Waals surface area (Å²) in [5.74, 6) is 0.108. The van der Waals surface area contributed by atoms with Gasteiger partial charge in [0, 0.05) is 5.56 Å². The number of methoxy groups -OCH3 is 1. The first-order chi connectivity index (χ1) is 13.6. The molecule has 3 rings (SSSR count). The summed E-state index contributed by atoms with van der Waals surface area (Å²) < 4.78 is 15.4. The Bertz CT molecular complexity index is 983. The Kier molecular flexibility index (Phi) is 6.01. The standard InChI is InChI=1S/C20H19N3O5/c1-13-6-5-7-14(10-13)20(25)21-11-18(24)27-12-17-22-19(23-28-17)15-8-3-4-9-16(15)26-2/h3-10H,11-12H2,1-2H3,(H,21,25). The number of aromatic nitrogens is 2. The van der Waals surface area contributed by atoms with Crippen molar-refractivity contribution in [3.63, 3.8) is 0 Å². The highest BCUT2D eigenvalue weighted by atomic mass is 16.6. The van der Waals surface area contributed by atoms with Gasteiger partial charge in [0.2, 0.25) is 5.82 Å². The molecule has 0 unspecified atom stereocenters. The molecule has 28 heavy (non-hydrogen) atoms. The highest BCUT2D eigenvalue weighted by Crippen LogP contribution is 2.27. The number of ether oxygens (including phenoxy) is 2. The molecule has 0 fully saturated rings. The van der Waals surface area contributed by atoms with Gasteiger partial charge in [0.05, 0.1) is 12.7 Å². The third-order valence-electron chi connectivity index (χ3n) is 3.85. The quantitative estimate of drug-likeness (QED) is 0.627. The monoisotopic (exact) mass is 381 g/mol. The van der Waals surface area contributed by atoms with Crippen LogP contribution in [-0.2, 0) is 16.1 Å². The van der Waals surface area contributed by atoms with Crippen molar-refractivity contribution in [2.75, 3.05) is 13.7 Å². The average Bonchev–Trinajstić information content (AvgIpc) is 3.19. The number of carbonyl (C=O) groups excluding carboxylic acids is 2. The number of benzene rings is 2. The van der Waals surface area contributed by atoms with E-state index in [2.05, 4.69) is 15.5 Å². The molecule has 1 heterocycles. The molecular formula is C20H19N3O5. The minimum Gasteiger partial charge on any atom is -0.496 e. The first-order valence-corrected chi connectivity index (χ1v) is 8.53. The van der Waals surface area contributed by atoms with Crippen LogP contribution < -0.4 is 10.1 Å². The van der Waals surface area contributed by atoms with E-state index in [-0.39, 0.29) is 24.9 Å². The first kappa shape index (κ1) is 19.1. The van der Waals surface area contributed by atoms with Crippen LogP contribution >= 0.6 is 0 Å². The van der Waals surface area contributed by atoms with Crippen molar-refractivity contribution in [2.24, 2.45) is 0 Å². The van der Waals surface area contributed by atoms with Gasteiger partial charge in [0.15, 0.2) is 6.61 Å². The van der Waals surface area contributed by atoms with Crippen LogP contribution in [0.2, 0.25) is 0 Å². The van der Waals surface area contributed by atoms with Gasteiger partial charge in [0.25, 0.3) is 11.8 Å². The summed E-state index contributed by atoms with van der Waals surface area (Å²) in [6, 6.07) is 14.3. The lowest BCUT2D eigenvalue weighted by molar-refractivity contribution is -0.144. The molecule has 0 aliphatic carbocycles. The fraction of sp³-hybridized carbons (Fsp3) is 0.200. The van der Waals surface area contributed by atoms with E-state index in [1.165, 1.54) is 0 Å². The lowest BCUT2D eigenvalue weighted by atomic mass is 10.1. The number of rotatable bonds is 7. The van der Waals surface area contributed by atoms with Crippen LogP contribution in [0.3, 0.4) is 0 Å². The summed E-state index contributed by atoms with van der Waals surface area (Å²) in [7, 11) is 1.55. The minimum absolute atomic E-state index is 0.138. The number of nitrogens with zero attached hydrogens (tertiary/aromatic N) is 2. The maximum atomic E-state index is 12.0. The second-order valence-corrected chi connectivity index (χ2v) is 5.92. The zero-order valence-electron chi connectivity index (χ0n) is 15.5. The normalized spacial score (nSPS) is 10.4. The van der Waals surface area contributed by atoms with E-state index in [0.717, 1.165) is 5.56 Å². The van der Waals surface area contributed by atoms with Gasteiger partial charge in [-0.05, 0) is 31.2 Å². The molecule has 144 valence electrons. The van der Waals surface area contributed by atoms with E-state index in [4.69, 9.17) is 14.0 Å². The predicted molar refractivity (Wildman–Crippen MR) is 99.6 cm³/mol. The number of para-hydroxylation sites is 1. The van der Waals surface area contributed by atoms with Crippen molar-refractivity contribution in [1.29, 1.82) is 0 Å². The summed E-state index contributed by atoms with van der Waals surface area (Å²) >= 11 is 0. The zero-order chi connectivity index (χ0) is 19.9. The SMILES string of the molecule is COc1ccccc1-c1noc(COC(=O)CNC(=O)c2cccc(C)c2)n1. The van der Waals surface area contributed by atoms with E-state index >= 15 is 0 Å². The average molecular weight is 381 g/mol. The van der Waals surface area contributed by atoms with Gasteiger partial charge in [-0.1, -0.05) is 35.0 Å². The lowest BCUT2D eigenvalue weighted by Crippen LogP contribution is -2.30. The summed E-state index contributed by atoms with van der Waals surface area (Å²) in [4.78, 5) is 28.1. The largest absolute Gasteiger partial charge is 0.496 e. The Labute approximate surface area is 161 Å². The Balaban J connectivity index is 1.51. The molecule has 3 aromatic rings. The first-order valence-electron chi connectivity index (χ1n) is 8.53. The molecule has 0 aliphatic heterocycles. The number of nitrogens with one attached hydrogen (secondary N) is 1. The van der Waals surface area contributed by atoms with Crippen LogP contribution in [0.4, 0.5) is 0 Å². The third kappa shape index (κ3) is 4.73. The lowest BCUT2D eigenvalue weighted by Gasteiger charge is -2.05. The van der Waals surface area contributed by atoms with Crippen molar-refractivity contribution < 1.29 is 23.6 Å². The Morgan fingerprint density at radius 3 is 2.75 bits per heavy atom. The smallest absolute Gasteiger partial charge is 0.325 e. The van der Waals surface area contributed by atoms with Gasteiger partial charge in [-0.2, -0.15) is 4.98 Å². The van der Waals surface area contributed by atoms with Crippen molar-refractivity contribution >= 4 is 11.9 Å². The second kappa shape index (κ2) is 8.81. The summed E-state index contributed by atoms with van der Waals surface area (Å²) in [5.41, 5.74) is 2.10. The van der Waals surface area contributed by atoms with Gasteiger partial charge in [-0.3, -0.25) is 9.59 Å². The third-order valence-corrected chi connectivity index (χ3v) is 3.85. The number of amides is 1. The Morgan fingerprint density at radius 1 is 1.14 bits per heavy atom. The van der Waals surface area contributed by atoms with Crippen molar-refractivity contribution in [3.05, 3.63) is 65.5 Å². The van der Waals surface area contributed by atoms with E-state index in [0.29, 0.717) is 22.7 Å². The van der Waals surface area contributed by atoms with Crippen LogP contribution in [0.15, 0.2) is 53.1 Å². The number of carbonyl (C=O) groups is 2. The molecule has 1 amide bonds.